The molecule has 1 nitrogen and oxygen atoms in total. The maximum absolute atomic E-state index is 5.90. The second-order valence-corrected chi connectivity index (χ2v) is 5.31. The van der Waals surface area contributed by atoms with Gasteiger partial charge in [0.25, 0.3) is 0 Å². The Kier molecular flexibility index (Phi) is 5.88. The van der Waals surface area contributed by atoms with E-state index in [0.717, 1.165) is 17.7 Å². The molecule has 1 unspecified atom stereocenters. The highest BCUT2D eigenvalue weighted by molar-refractivity contribution is 6.18. The molecule has 0 radical (unpaired) electrons. The summed E-state index contributed by atoms with van der Waals surface area (Å²) in [7, 11) is 0. The minimum Gasteiger partial charge on any atom is -0.303 e. The Morgan fingerprint density at radius 3 is 2.86 bits per heavy atom. The van der Waals surface area contributed by atoms with E-state index in [-0.39, 0.29) is 0 Å². The minimum absolute atomic E-state index is 0.754. The van der Waals surface area contributed by atoms with E-state index in [4.69, 9.17) is 11.6 Å². The van der Waals surface area contributed by atoms with Crippen molar-refractivity contribution in [2.75, 3.05) is 25.5 Å². The lowest BCUT2D eigenvalue weighted by Crippen LogP contribution is -2.36. The molecule has 1 fully saturated rings. The van der Waals surface area contributed by atoms with Crippen LogP contribution in [0.2, 0.25) is 0 Å². The van der Waals surface area contributed by atoms with Gasteiger partial charge in [-0.1, -0.05) is 13.8 Å². The molecule has 14 heavy (non-hydrogen) atoms. The predicted octanol–water partition coefficient (Wildman–Crippen LogP) is 3.37. The molecule has 0 aliphatic carbocycles. The fourth-order valence-electron chi connectivity index (χ4n) is 2.20. The summed E-state index contributed by atoms with van der Waals surface area (Å²) in [6, 6.07) is 0. The Bertz CT molecular complexity index is 147. The number of hydrogen-bond acceptors (Lipinski definition) is 1. The van der Waals surface area contributed by atoms with Crippen molar-refractivity contribution in [3.8, 4) is 0 Å². The van der Waals surface area contributed by atoms with E-state index in [1.54, 1.807) is 0 Å². The summed E-state index contributed by atoms with van der Waals surface area (Å²) < 4.78 is 0. The highest BCUT2D eigenvalue weighted by atomic mass is 35.5. The van der Waals surface area contributed by atoms with Crippen molar-refractivity contribution >= 4 is 11.6 Å². The molecule has 1 rings (SSSR count). The number of halogens is 1. The normalized spacial score (nSPS) is 24.4. The molecular weight excluding hydrogens is 194 g/mol. The summed E-state index contributed by atoms with van der Waals surface area (Å²) in [5.41, 5.74) is 0. The van der Waals surface area contributed by atoms with Crippen LogP contribution < -0.4 is 0 Å². The Hall–Kier alpha value is 0.250. The second kappa shape index (κ2) is 6.68. The third kappa shape index (κ3) is 4.65. The first kappa shape index (κ1) is 12.3. The minimum atomic E-state index is 0.754. The van der Waals surface area contributed by atoms with Gasteiger partial charge in [-0.25, -0.2) is 0 Å². The van der Waals surface area contributed by atoms with E-state index in [1.807, 2.05) is 0 Å². The van der Waals surface area contributed by atoms with Crippen LogP contribution in [0.4, 0.5) is 0 Å². The Morgan fingerprint density at radius 2 is 2.21 bits per heavy atom. The third-order valence-corrected chi connectivity index (χ3v) is 3.51. The number of nitrogens with zero attached hydrogens (tertiary/aromatic N) is 1. The first-order valence-corrected chi connectivity index (χ1v) is 6.54. The fraction of sp³-hybridized carbons (Fsp3) is 1.00. The molecule has 0 N–H and O–H groups in total. The van der Waals surface area contributed by atoms with Crippen molar-refractivity contribution in [1.29, 1.82) is 0 Å². The van der Waals surface area contributed by atoms with E-state index in [9.17, 15) is 0 Å². The van der Waals surface area contributed by atoms with Crippen molar-refractivity contribution in [3.63, 3.8) is 0 Å². The number of likely N-dealkylation sites (tertiary alicyclic amines) is 1. The van der Waals surface area contributed by atoms with Crippen molar-refractivity contribution in [3.05, 3.63) is 0 Å². The smallest absolute Gasteiger partial charge is 0.0263 e. The molecule has 1 heterocycles. The molecule has 2 heteroatoms. The highest BCUT2D eigenvalue weighted by Crippen LogP contribution is 2.18. The number of hydrogen-bond donors (Lipinski definition) is 0. The van der Waals surface area contributed by atoms with Crippen molar-refractivity contribution < 1.29 is 0 Å². The Morgan fingerprint density at radius 1 is 1.43 bits per heavy atom. The maximum Gasteiger partial charge on any atom is 0.0263 e. The molecule has 0 aromatic rings. The molecule has 0 aromatic heterocycles. The van der Waals surface area contributed by atoms with Crippen molar-refractivity contribution in [2.24, 2.45) is 11.8 Å². The maximum atomic E-state index is 5.90. The average Bonchev–Trinajstić information content (AvgIpc) is 2.18. The standard InChI is InChI=1S/C12H24ClN/c1-11(2)5-3-7-14-8-4-6-12(9-13)10-14/h11-12H,3-10H2,1-2H3. The number of alkyl halides is 1. The molecule has 0 saturated carbocycles. The van der Waals surface area contributed by atoms with Gasteiger partial charge in [-0.2, -0.15) is 0 Å². The first-order chi connectivity index (χ1) is 6.72. The quantitative estimate of drug-likeness (QED) is 0.639. The van der Waals surface area contributed by atoms with E-state index >= 15 is 0 Å². The molecule has 0 aromatic carbocycles. The summed E-state index contributed by atoms with van der Waals surface area (Å²) in [6.07, 6.45) is 5.40. The predicted molar refractivity (Wildman–Crippen MR) is 64.0 cm³/mol. The summed E-state index contributed by atoms with van der Waals surface area (Å²) in [5.74, 6) is 2.45. The lowest BCUT2D eigenvalue weighted by molar-refractivity contribution is 0.180. The molecular formula is C12H24ClN. The van der Waals surface area contributed by atoms with Gasteiger partial charge in [0.1, 0.15) is 0 Å². The third-order valence-electron chi connectivity index (χ3n) is 3.08. The highest BCUT2D eigenvalue weighted by Gasteiger charge is 2.18. The van der Waals surface area contributed by atoms with Crippen LogP contribution in [0.25, 0.3) is 0 Å². The summed E-state index contributed by atoms with van der Waals surface area (Å²) >= 11 is 5.90. The van der Waals surface area contributed by atoms with Crippen LogP contribution in [-0.4, -0.2) is 30.4 Å². The van der Waals surface area contributed by atoms with Crippen LogP contribution in [-0.2, 0) is 0 Å². The van der Waals surface area contributed by atoms with Gasteiger partial charge in [0.15, 0.2) is 0 Å². The van der Waals surface area contributed by atoms with Gasteiger partial charge >= 0.3 is 0 Å². The molecule has 1 aliphatic heterocycles. The Balaban J connectivity index is 2.11. The summed E-state index contributed by atoms with van der Waals surface area (Å²) in [5, 5.41) is 0. The van der Waals surface area contributed by atoms with E-state index in [2.05, 4.69) is 18.7 Å². The second-order valence-electron chi connectivity index (χ2n) is 5.00. The zero-order chi connectivity index (χ0) is 10.4. The van der Waals surface area contributed by atoms with Gasteiger partial charge in [-0.15, -0.1) is 11.6 Å². The summed E-state index contributed by atoms with van der Waals surface area (Å²) in [4.78, 5) is 2.60. The molecule has 0 bridgehead atoms. The average molecular weight is 218 g/mol. The fourth-order valence-corrected chi connectivity index (χ4v) is 2.46. The van der Waals surface area contributed by atoms with Gasteiger partial charge in [-0.3, -0.25) is 0 Å². The van der Waals surface area contributed by atoms with Gasteiger partial charge < -0.3 is 4.90 Å². The van der Waals surface area contributed by atoms with Crippen LogP contribution in [0.5, 0.6) is 0 Å². The molecule has 1 saturated heterocycles. The van der Waals surface area contributed by atoms with Gasteiger partial charge in [0.2, 0.25) is 0 Å². The van der Waals surface area contributed by atoms with Gasteiger partial charge in [0.05, 0.1) is 0 Å². The van der Waals surface area contributed by atoms with E-state index in [0.29, 0.717) is 0 Å². The van der Waals surface area contributed by atoms with E-state index in [1.165, 1.54) is 45.3 Å². The molecule has 84 valence electrons. The monoisotopic (exact) mass is 217 g/mol. The van der Waals surface area contributed by atoms with Crippen LogP contribution in [0.3, 0.4) is 0 Å². The van der Waals surface area contributed by atoms with Crippen LogP contribution in [0, 0.1) is 11.8 Å². The SMILES string of the molecule is CC(C)CCCN1CCCC(CCl)C1. The van der Waals surface area contributed by atoms with Crippen LogP contribution >= 0.6 is 11.6 Å². The molecule has 0 spiro atoms. The first-order valence-electron chi connectivity index (χ1n) is 6.00. The largest absolute Gasteiger partial charge is 0.303 e. The Labute approximate surface area is 93.8 Å². The molecule has 1 atom stereocenters. The molecule has 0 amide bonds. The van der Waals surface area contributed by atoms with Gasteiger partial charge in [0, 0.05) is 12.4 Å². The van der Waals surface area contributed by atoms with Crippen molar-refractivity contribution in [1.82, 2.24) is 4.90 Å². The lowest BCUT2D eigenvalue weighted by atomic mass is 9.99. The van der Waals surface area contributed by atoms with Crippen LogP contribution in [0.1, 0.15) is 39.5 Å². The number of piperidine rings is 1. The van der Waals surface area contributed by atoms with E-state index < -0.39 is 0 Å². The topological polar surface area (TPSA) is 3.24 Å². The number of rotatable bonds is 5. The zero-order valence-electron chi connectivity index (χ0n) is 9.64. The lowest BCUT2D eigenvalue weighted by Gasteiger charge is -2.31. The zero-order valence-corrected chi connectivity index (χ0v) is 10.4. The molecule has 1 aliphatic rings. The van der Waals surface area contributed by atoms with Crippen LogP contribution in [0.15, 0.2) is 0 Å². The van der Waals surface area contributed by atoms with Crippen molar-refractivity contribution in [2.45, 2.75) is 39.5 Å². The summed E-state index contributed by atoms with van der Waals surface area (Å²) in [6.45, 7) is 8.42. The van der Waals surface area contributed by atoms with Gasteiger partial charge in [-0.05, 0) is 50.6 Å².